The lowest BCUT2D eigenvalue weighted by Gasteiger charge is -2.36. The number of carbonyl (C=O) groups excluding carboxylic acids is 1. The second kappa shape index (κ2) is 8.41. The van der Waals surface area contributed by atoms with Gasteiger partial charge in [0.05, 0.1) is 29.8 Å². The normalized spacial score (nSPS) is 18.1. The zero-order valence-electron chi connectivity index (χ0n) is 18.9. The second-order valence-electron chi connectivity index (χ2n) is 9.07. The van der Waals surface area contributed by atoms with E-state index in [1.165, 1.54) is 12.3 Å². The molecule has 2 aliphatic rings. The summed E-state index contributed by atoms with van der Waals surface area (Å²) < 4.78 is 39.7. The molecule has 0 unspecified atom stereocenters. The third-order valence-corrected chi connectivity index (χ3v) is 6.43. The third-order valence-electron chi connectivity index (χ3n) is 6.43. The van der Waals surface area contributed by atoms with Gasteiger partial charge < -0.3 is 10.2 Å². The summed E-state index contributed by atoms with van der Waals surface area (Å²) in [4.78, 5) is 22.8. The molecule has 5 rings (SSSR count). The average Bonchev–Trinajstić information content (AvgIpc) is 3.51. The Balaban J connectivity index is 1.25. The van der Waals surface area contributed by atoms with E-state index in [4.69, 9.17) is 0 Å². The molecule has 1 saturated carbocycles. The van der Waals surface area contributed by atoms with Crippen LogP contribution in [-0.2, 0) is 30.4 Å². The predicted octanol–water partition coefficient (Wildman–Crippen LogP) is 4.00. The predicted molar refractivity (Wildman–Crippen MR) is 120 cm³/mol. The highest BCUT2D eigenvalue weighted by Gasteiger charge is 2.42. The first-order valence-electron chi connectivity index (χ1n) is 11.3. The number of amides is 1. The number of carbonyl (C=O) groups is 1. The molecule has 3 aromatic heterocycles. The van der Waals surface area contributed by atoms with Crippen LogP contribution in [0.1, 0.15) is 41.1 Å². The van der Waals surface area contributed by atoms with Crippen molar-refractivity contribution in [3.05, 3.63) is 65.0 Å². The van der Waals surface area contributed by atoms with Crippen molar-refractivity contribution in [2.75, 3.05) is 17.3 Å². The summed E-state index contributed by atoms with van der Waals surface area (Å²) in [7, 11) is 1.98. The van der Waals surface area contributed by atoms with E-state index in [0.29, 0.717) is 24.4 Å². The Hall–Kier alpha value is -3.43. The van der Waals surface area contributed by atoms with Crippen molar-refractivity contribution < 1.29 is 18.0 Å². The Morgan fingerprint density at radius 2 is 1.94 bits per heavy atom. The number of halogens is 3. The first kappa shape index (κ1) is 22.4. The molecule has 7 nitrogen and oxygen atoms in total. The number of hydrogen-bond donors (Lipinski definition) is 1. The largest absolute Gasteiger partial charge is 0.433 e. The van der Waals surface area contributed by atoms with Gasteiger partial charge in [0, 0.05) is 25.1 Å². The van der Waals surface area contributed by atoms with Gasteiger partial charge in [0.25, 0.3) is 0 Å². The van der Waals surface area contributed by atoms with E-state index >= 15 is 0 Å². The van der Waals surface area contributed by atoms with Gasteiger partial charge in [-0.25, -0.2) is 0 Å². The number of nitrogens with one attached hydrogen (secondary N) is 1. The van der Waals surface area contributed by atoms with Gasteiger partial charge in [0.15, 0.2) is 0 Å². The SMILES string of the molecule is Cc1nc(CCc2cnn(Cc3ccc(C(F)(F)F)nc3)c2)cc2c1NC(=O)[C@H](C1CC1)N2C. The number of rotatable bonds is 6. The second-order valence-corrected chi connectivity index (χ2v) is 9.07. The maximum absolute atomic E-state index is 12.7. The van der Waals surface area contributed by atoms with Crippen LogP contribution < -0.4 is 10.2 Å². The van der Waals surface area contributed by atoms with Gasteiger partial charge in [-0.2, -0.15) is 18.3 Å². The fourth-order valence-electron chi connectivity index (χ4n) is 4.51. The van der Waals surface area contributed by atoms with E-state index < -0.39 is 11.9 Å². The quantitative estimate of drug-likeness (QED) is 0.590. The Kier molecular flexibility index (Phi) is 5.53. The molecule has 34 heavy (non-hydrogen) atoms. The van der Waals surface area contributed by atoms with Crippen LogP contribution in [0.5, 0.6) is 0 Å². The number of anilines is 2. The number of pyridine rings is 2. The summed E-state index contributed by atoms with van der Waals surface area (Å²) in [5, 5.41) is 7.38. The molecule has 1 atom stereocenters. The minimum Gasteiger partial charge on any atom is -0.361 e. The van der Waals surface area contributed by atoms with E-state index in [1.54, 1.807) is 10.9 Å². The van der Waals surface area contributed by atoms with Crippen molar-refractivity contribution in [2.45, 2.75) is 51.4 Å². The third kappa shape index (κ3) is 4.49. The van der Waals surface area contributed by atoms with Crippen LogP contribution in [0.4, 0.5) is 24.5 Å². The van der Waals surface area contributed by atoms with E-state index in [9.17, 15) is 18.0 Å². The Morgan fingerprint density at radius 3 is 2.62 bits per heavy atom. The summed E-state index contributed by atoms with van der Waals surface area (Å²) in [5.74, 6) is 0.464. The summed E-state index contributed by atoms with van der Waals surface area (Å²) in [6, 6.07) is 4.33. The van der Waals surface area contributed by atoms with Gasteiger partial charge in [-0.1, -0.05) is 6.07 Å². The minimum absolute atomic E-state index is 0.0470. The first-order valence-corrected chi connectivity index (χ1v) is 11.3. The highest BCUT2D eigenvalue weighted by molar-refractivity contribution is 6.04. The number of aryl methyl sites for hydroxylation is 3. The molecule has 3 aromatic rings. The van der Waals surface area contributed by atoms with Gasteiger partial charge in [0.2, 0.25) is 5.91 Å². The molecule has 0 bridgehead atoms. The maximum Gasteiger partial charge on any atom is 0.433 e. The lowest BCUT2D eigenvalue weighted by Crippen LogP contribution is -2.47. The van der Waals surface area contributed by atoms with Gasteiger partial charge >= 0.3 is 6.18 Å². The fourth-order valence-corrected chi connectivity index (χ4v) is 4.51. The van der Waals surface area contributed by atoms with Crippen molar-refractivity contribution in [2.24, 2.45) is 5.92 Å². The van der Waals surface area contributed by atoms with Gasteiger partial charge in [0.1, 0.15) is 11.7 Å². The standard InChI is InChI=1S/C24H25F3N6O/c1-14-21-19(32(2)22(17-5-6-17)23(34)31-21)9-18(30-14)7-3-16-11-29-33(13-16)12-15-4-8-20(28-10-15)24(25,26)27/h4,8-11,13,17,22H,3,5-7,12H2,1-2H3,(H,31,34)/t22-/m0/s1. The topological polar surface area (TPSA) is 75.9 Å². The molecule has 10 heteroatoms. The minimum atomic E-state index is -4.44. The van der Waals surface area contributed by atoms with E-state index in [1.807, 2.05) is 20.2 Å². The van der Waals surface area contributed by atoms with Crippen molar-refractivity contribution in [1.29, 1.82) is 0 Å². The average molecular weight is 470 g/mol. The molecule has 0 aromatic carbocycles. The van der Waals surface area contributed by atoms with Gasteiger partial charge in [-0.15, -0.1) is 0 Å². The van der Waals surface area contributed by atoms with Crippen LogP contribution in [0.25, 0.3) is 0 Å². The monoisotopic (exact) mass is 470 g/mol. The van der Waals surface area contributed by atoms with Crippen LogP contribution >= 0.6 is 0 Å². The van der Waals surface area contributed by atoms with Crippen LogP contribution in [0.3, 0.4) is 0 Å². The smallest absolute Gasteiger partial charge is 0.361 e. The number of alkyl halides is 3. The summed E-state index contributed by atoms with van der Waals surface area (Å²) in [6.45, 7) is 2.25. The number of hydrogen-bond acceptors (Lipinski definition) is 5. The van der Waals surface area contributed by atoms with Crippen LogP contribution in [-0.4, -0.2) is 38.7 Å². The molecule has 178 valence electrons. The molecule has 1 aliphatic carbocycles. The molecule has 0 radical (unpaired) electrons. The molecule has 1 N–H and O–H groups in total. The number of fused-ring (bicyclic) bond motifs is 1. The number of likely N-dealkylation sites (N-methyl/N-ethyl adjacent to an activating group) is 1. The highest BCUT2D eigenvalue weighted by Crippen LogP contribution is 2.42. The van der Waals surface area contributed by atoms with E-state index in [2.05, 4.69) is 31.3 Å². The summed E-state index contributed by atoms with van der Waals surface area (Å²) in [6.07, 6.45) is 4.03. The Bertz CT molecular complexity index is 1220. The number of nitrogens with zero attached hydrogens (tertiary/aromatic N) is 5. The lowest BCUT2D eigenvalue weighted by molar-refractivity contribution is -0.141. The van der Waals surface area contributed by atoms with Crippen molar-refractivity contribution in [3.63, 3.8) is 0 Å². The number of aromatic nitrogens is 4. The highest BCUT2D eigenvalue weighted by atomic mass is 19.4. The molecular weight excluding hydrogens is 445 g/mol. The summed E-state index contributed by atoms with van der Waals surface area (Å²) in [5.41, 5.74) is 4.27. The Labute approximate surface area is 195 Å². The Morgan fingerprint density at radius 1 is 1.15 bits per heavy atom. The fraction of sp³-hybridized carbons (Fsp3) is 0.417. The molecule has 1 fully saturated rings. The zero-order valence-corrected chi connectivity index (χ0v) is 18.9. The maximum atomic E-state index is 12.7. The van der Waals surface area contributed by atoms with Crippen LogP contribution in [0.2, 0.25) is 0 Å². The van der Waals surface area contributed by atoms with E-state index in [0.717, 1.165) is 53.7 Å². The molecular formula is C24H25F3N6O. The van der Waals surface area contributed by atoms with Crippen LogP contribution in [0, 0.1) is 12.8 Å². The lowest BCUT2D eigenvalue weighted by atomic mass is 10.0. The molecule has 1 amide bonds. The van der Waals surface area contributed by atoms with Crippen LogP contribution in [0.15, 0.2) is 36.8 Å². The molecule has 1 aliphatic heterocycles. The molecule has 0 spiro atoms. The van der Waals surface area contributed by atoms with E-state index in [-0.39, 0.29) is 11.9 Å². The van der Waals surface area contributed by atoms with Crippen molar-refractivity contribution in [3.8, 4) is 0 Å². The van der Waals surface area contributed by atoms with Crippen molar-refractivity contribution in [1.82, 2.24) is 19.7 Å². The summed E-state index contributed by atoms with van der Waals surface area (Å²) >= 11 is 0. The zero-order chi connectivity index (χ0) is 24.0. The van der Waals surface area contributed by atoms with Crippen molar-refractivity contribution >= 4 is 17.3 Å². The molecule has 0 saturated heterocycles. The molecule has 4 heterocycles. The van der Waals surface area contributed by atoms with Gasteiger partial charge in [-0.05, 0) is 61.8 Å². The first-order chi connectivity index (χ1) is 16.2. The van der Waals surface area contributed by atoms with Gasteiger partial charge in [-0.3, -0.25) is 19.4 Å².